The van der Waals surface area contributed by atoms with Gasteiger partial charge < -0.3 is 9.52 Å². The maximum Gasteiger partial charge on any atom is 0.373 e. The Labute approximate surface area is 81.9 Å². The molecule has 2 rings (SSSR count). The summed E-state index contributed by atoms with van der Waals surface area (Å²) in [4.78, 5) is 14.9. The summed E-state index contributed by atoms with van der Waals surface area (Å²) in [5.41, 5.74) is 0.472. The second kappa shape index (κ2) is 3.12. The first kappa shape index (κ1) is 9.24. The summed E-state index contributed by atoms with van der Waals surface area (Å²) in [6, 6.07) is 0. The molecule has 1 fully saturated rings. The summed E-state index contributed by atoms with van der Waals surface area (Å²) in [6.45, 7) is 3.70. The van der Waals surface area contributed by atoms with Crippen molar-refractivity contribution in [2.24, 2.45) is 5.92 Å². The van der Waals surface area contributed by atoms with E-state index >= 15 is 0 Å². The Morgan fingerprint density at radius 3 is 2.71 bits per heavy atom. The van der Waals surface area contributed by atoms with Crippen LogP contribution in [-0.4, -0.2) is 16.1 Å². The van der Waals surface area contributed by atoms with Gasteiger partial charge in [0, 0.05) is 5.92 Å². The number of oxazole rings is 1. The molecule has 0 aromatic carbocycles. The normalized spacial score (nSPS) is 18.1. The lowest BCUT2D eigenvalue weighted by molar-refractivity contribution is 0.0658. The Hall–Kier alpha value is -1.32. The molecule has 1 aliphatic carbocycles. The topological polar surface area (TPSA) is 63.3 Å². The first-order chi connectivity index (χ1) is 6.59. The third-order valence-corrected chi connectivity index (χ3v) is 2.73. The largest absolute Gasteiger partial charge is 0.475 e. The van der Waals surface area contributed by atoms with Gasteiger partial charge in [-0.3, -0.25) is 0 Å². The van der Waals surface area contributed by atoms with Gasteiger partial charge in [0.05, 0.1) is 5.69 Å². The van der Waals surface area contributed by atoms with Crippen LogP contribution >= 0.6 is 0 Å². The average Bonchev–Trinajstić information content (AvgIpc) is 2.88. The summed E-state index contributed by atoms with van der Waals surface area (Å²) >= 11 is 0. The van der Waals surface area contributed by atoms with Gasteiger partial charge in [-0.05, 0) is 25.7 Å². The van der Waals surface area contributed by atoms with Crippen molar-refractivity contribution in [3.63, 3.8) is 0 Å². The minimum atomic E-state index is -1.04. The van der Waals surface area contributed by atoms with Crippen molar-refractivity contribution in [1.82, 2.24) is 4.98 Å². The molecule has 0 bridgehead atoms. The highest BCUT2D eigenvalue weighted by molar-refractivity contribution is 5.85. The fourth-order valence-corrected chi connectivity index (χ4v) is 1.61. The van der Waals surface area contributed by atoms with Crippen LogP contribution in [-0.2, 0) is 0 Å². The molecule has 1 aromatic rings. The first-order valence-electron chi connectivity index (χ1n) is 4.80. The van der Waals surface area contributed by atoms with E-state index in [1.165, 1.54) is 12.8 Å². The van der Waals surface area contributed by atoms with Crippen molar-refractivity contribution < 1.29 is 14.3 Å². The summed E-state index contributed by atoms with van der Waals surface area (Å²) in [7, 11) is 0. The number of aromatic carboxylic acids is 1. The Morgan fingerprint density at radius 1 is 1.64 bits per heavy atom. The van der Waals surface area contributed by atoms with Gasteiger partial charge >= 0.3 is 5.97 Å². The first-order valence-corrected chi connectivity index (χ1v) is 4.80. The molecule has 0 saturated heterocycles. The summed E-state index contributed by atoms with van der Waals surface area (Å²) in [6.07, 6.45) is 2.40. The maximum atomic E-state index is 10.7. The number of aryl methyl sites for hydroxylation is 1. The Morgan fingerprint density at radius 2 is 2.29 bits per heavy atom. The van der Waals surface area contributed by atoms with Crippen molar-refractivity contribution in [3.05, 3.63) is 17.3 Å². The smallest absolute Gasteiger partial charge is 0.373 e. The van der Waals surface area contributed by atoms with Gasteiger partial charge in [-0.2, -0.15) is 0 Å². The van der Waals surface area contributed by atoms with E-state index in [-0.39, 0.29) is 11.7 Å². The van der Waals surface area contributed by atoms with Gasteiger partial charge in [0.1, 0.15) is 0 Å². The van der Waals surface area contributed by atoms with E-state index < -0.39 is 5.97 Å². The van der Waals surface area contributed by atoms with E-state index in [4.69, 9.17) is 9.52 Å². The van der Waals surface area contributed by atoms with Gasteiger partial charge in [0.15, 0.2) is 5.89 Å². The number of carboxylic acids is 1. The second-order valence-corrected chi connectivity index (χ2v) is 3.90. The van der Waals surface area contributed by atoms with Crippen LogP contribution in [0, 0.1) is 12.8 Å². The van der Waals surface area contributed by atoms with Crippen LogP contribution < -0.4 is 0 Å². The highest BCUT2D eigenvalue weighted by Gasteiger charge is 2.33. The SMILES string of the molecule is Cc1nc(C(C)C2CC2)oc1C(=O)O. The molecule has 1 aliphatic rings. The van der Waals surface area contributed by atoms with Crippen molar-refractivity contribution in [2.75, 3.05) is 0 Å². The highest BCUT2D eigenvalue weighted by Crippen LogP contribution is 2.42. The lowest BCUT2D eigenvalue weighted by atomic mass is 10.1. The van der Waals surface area contributed by atoms with Crippen LogP contribution in [0.1, 0.15) is 47.8 Å². The van der Waals surface area contributed by atoms with E-state index in [9.17, 15) is 4.79 Å². The molecule has 1 unspecified atom stereocenters. The monoisotopic (exact) mass is 195 g/mol. The zero-order chi connectivity index (χ0) is 10.3. The summed E-state index contributed by atoms with van der Waals surface area (Å²) in [5.74, 6) is 0.399. The van der Waals surface area contributed by atoms with Crippen LogP contribution in [0.25, 0.3) is 0 Å². The van der Waals surface area contributed by atoms with Gasteiger partial charge in [-0.25, -0.2) is 9.78 Å². The lowest BCUT2D eigenvalue weighted by Crippen LogP contribution is -1.96. The van der Waals surface area contributed by atoms with Crippen molar-refractivity contribution in [1.29, 1.82) is 0 Å². The molecule has 1 saturated carbocycles. The summed E-state index contributed by atoms with van der Waals surface area (Å²) in [5, 5.41) is 8.78. The summed E-state index contributed by atoms with van der Waals surface area (Å²) < 4.78 is 5.23. The molecule has 0 spiro atoms. The Bertz CT molecular complexity index is 365. The zero-order valence-corrected chi connectivity index (χ0v) is 8.28. The molecule has 14 heavy (non-hydrogen) atoms. The maximum absolute atomic E-state index is 10.7. The number of aromatic nitrogens is 1. The van der Waals surface area contributed by atoms with E-state index in [2.05, 4.69) is 4.98 Å². The number of hydrogen-bond donors (Lipinski definition) is 1. The zero-order valence-electron chi connectivity index (χ0n) is 8.28. The standard InChI is InChI=1S/C10H13NO3/c1-5(7-3-4-7)9-11-6(2)8(14-9)10(12)13/h5,7H,3-4H2,1-2H3,(H,12,13). The van der Waals surface area contributed by atoms with Crippen LogP contribution in [0.5, 0.6) is 0 Å². The van der Waals surface area contributed by atoms with E-state index in [1.54, 1.807) is 6.92 Å². The van der Waals surface area contributed by atoms with Crippen LogP contribution in [0.15, 0.2) is 4.42 Å². The molecule has 0 aliphatic heterocycles. The third kappa shape index (κ3) is 1.52. The molecular weight excluding hydrogens is 182 g/mol. The second-order valence-electron chi connectivity index (χ2n) is 3.90. The molecule has 1 atom stereocenters. The van der Waals surface area contributed by atoms with Crippen LogP contribution in [0.2, 0.25) is 0 Å². The van der Waals surface area contributed by atoms with Crippen molar-refractivity contribution in [3.8, 4) is 0 Å². The van der Waals surface area contributed by atoms with Crippen molar-refractivity contribution >= 4 is 5.97 Å². The van der Waals surface area contributed by atoms with Gasteiger partial charge in [-0.15, -0.1) is 0 Å². The van der Waals surface area contributed by atoms with Gasteiger partial charge in [0.2, 0.25) is 5.76 Å². The fourth-order valence-electron chi connectivity index (χ4n) is 1.61. The molecule has 1 N–H and O–H groups in total. The lowest BCUT2D eigenvalue weighted by Gasteiger charge is -2.02. The van der Waals surface area contributed by atoms with Gasteiger partial charge in [-0.1, -0.05) is 6.92 Å². The molecule has 0 amide bonds. The molecule has 76 valence electrons. The number of carbonyl (C=O) groups is 1. The Kier molecular flexibility index (Phi) is 2.06. The molecule has 4 heteroatoms. The minimum absolute atomic E-state index is 0.0208. The molecular formula is C10H13NO3. The van der Waals surface area contributed by atoms with E-state index in [0.717, 1.165) is 0 Å². The molecule has 1 heterocycles. The average molecular weight is 195 g/mol. The molecule has 0 radical (unpaired) electrons. The van der Waals surface area contributed by atoms with E-state index in [1.807, 2.05) is 6.92 Å². The number of rotatable bonds is 3. The quantitative estimate of drug-likeness (QED) is 0.803. The van der Waals surface area contributed by atoms with Crippen LogP contribution in [0.3, 0.4) is 0 Å². The molecule has 1 aromatic heterocycles. The van der Waals surface area contributed by atoms with Gasteiger partial charge in [0.25, 0.3) is 0 Å². The Balaban J connectivity index is 2.26. The number of carboxylic acid groups (broad SMARTS) is 1. The molecule has 4 nitrogen and oxygen atoms in total. The van der Waals surface area contributed by atoms with Crippen LogP contribution in [0.4, 0.5) is 0 Å². The predicted molar refractivity (Wildman–Crippen MR) is 49.3 cm³/mol. The fraction of sp³-hybridized carbons (Fsp3) is 0.600. The highest BCUT2D eigenvalue weighted by atomic mass is 16.4. The minimum Gasteiger partial charge on any atom is -0.475 e. The third-order valence-electron chi connectivity index (χ3n) is 2.73. The number of hydrogen-bond acceptors (Lipinski definition) is 3. The van der Waals surface area contributed by atoms with Crippen molar-refractivity contribution in [2.45, 2.75) is 32.6 Å². The van der Waals surface area contributed by atoms with E-state index in [0.29, 0.717) is 17.5 Å². The predicted octanol–water partition coefficient (Wildman–Crippen LogP) is 2.19. The number of nitrogens with zero attached hydrogens (tertiary/aromatic N) is 1.